The number of anilines is 1. The molecule has 1 saturated heterocycles. The molecule has 2 fully saturated rings. The molecule has 11 heteroatoms. The first kappa shape index (κ1) is 17.9. The van der Waals surface area contributed by atoms with Crippen molar-refractivity contribution in [2.75, 3.05) is 18.0 Å². The van der Waals surface area contributed by atoms with Gasteiger partial charge in [-0.25, -0.2) is 9.79 Å². The normalized spacial score (nSPS) is 24.0. The van der Waals surface area contributed by atoms with E-state index in [4.69, 9.17) is 14.7 Å². The van der Waals surface area contributed by atoms with Crippen LogP contribution in [0.2, 0.25) is 0 Å². The zero-order valence-corrected chi connectivity index (χ0v) is 16.2. The van der Waals surface area contributed by atoms with Gasteiger partial charge in [-0.15, -0.1) is 0 Å². The van der Waals surface area contributed by atoms with Crippen LogP contribution in [0.15, 0.2) is 16.0 Å². The molecular formula is C18H22N8O3. The summed E-state index contributed by atoms with van der Waals surface area (Å²) in [6, 6.07) is 0.269. The van der Waals surface area contributed by atoms with Gasteiger partial charge in [0.2, 0.25) is 11.8 Å². The van der Waals surface area contributed by atoms with Crippen molar-refractivity contribution in [2.45, 2.75) is 44.9 Å². The molecule has 2 aliphatic rings. The largest absolute Gasteiger partial charge is 0.493 e. The highest BCUT2D eigenvalue weighted by atomic mass is 16.5. The number of aromatic nitrogens is 6. The summed E-state index contributed by atoms with van der Waals surface area (Å²) in [6.45, 7) is 5.42. The second kappa shape index (κ2) is 6.69. The summed E-state index contributed by atoms with van der Waals surface area (Å²) in [5, 5.41) is 14.9. The molecule has 11 nitrogen and oxygen atoms in total. The Labute approximate surface area is 164 Å². The standard InChI is InChI=1S/C18H22N8O3/c1-9-7-25(8-10(2)29-9)16-22-14-11(5-13-15(27)23-18(28)21-13)6-19-26(14)17(24-16)20-12-3-4-12/h5-6,9-10,12,27H,3-4,7-8H2,1-2H3,(H2,21,23,28)/b11-5-,20-17?/t9-,10+. The van der Waals surface area contributed by atoms with Crippen molar-refractivity contribution in [3.8, 4) is 5.88 Å². The van der Waals surface area contributed by atoms with Crippen LogP contribution in [-0.2, 0) is 4.74 Å². The lowest BCUT2D eigenvalue weighted by atomic mass is 10.2. The highest BCUT2D eigenvalue weighted by Crippen LogP contribution is 2.22. The van der Waals surface area contributed by atoms with Gasteiger partial charge in [-0.2, -0.15) is 19.6 Å². The molecule has 0 bridgehead atoms. The minimum Gasteiger partial charge on any atom is -0.493 e. The molecule has 29 heavy (non-hydrogen) atoms. The number of rotatable bonds is 3. The highest BCUT2D eigenvalue weighted by molar-refractivity contribution is 5.57. The molecule has 3 aromatic rings. The van der Waals surface area contributed by atoms with Gasteiger partial charge in [0, 0.05) is 18.3 Å². The van der Waals surface area contributed by atoms with Crippen molar-refractivity contribution in [1.82, 2.24) is 29.5 Å². The number of nitrogens with zero attached hydrogens (tertiary/aromatic N) is 6. The fraction of sp³-hybridized carbons (Fsp3) is 0.500. The second-order valence-electron chi connectivity index (χ2n) is 7.67. The minimum atomic E-state index is -0.485. The molecule has 0 amide bonds. The van der Waals surface area contributed by atoms with E-state index in [0.717, 1.165) is 12.8 Å². The molecular weight excluding hydrogens is 376 g/mol. The number of nitrogens with one attached hydrogen (secondary N) is 2. The quantitative estimate of drug-likeness (QED) is 0.518. The Kier molecular flexibility index (Phi) is 4.12. The van der Waals surface area contributed by atoms with Gasteiger partial charge in [0.25, 0.3) is 5.62 Å². The fourth-order valence-corrected chi connectivity index (χ4v) is 3.55. The van der Waals surface area contributed by atoms with Crippen LogP contribution < -0.4 is 21.4 Å². The van der Waals surface area contributed by atoms with Crippen molar-refractivity contribution >= 4 is 17.7 Å². The maximum absolute atomic E-state index is 11.4. The van der Waals surface area contributed by atoms with Gasteiger partial charge in [0.05, 0.1) is 24.4 Å². The third kappa shape index (κ3) is 3.48. The van der Waals surface area contributed by atoms with Crippen molar-refractivity contribution in [1.29, 1.82) is 0 Å². The summed E-state index contributed by atoms with van der Waals surface area (Å²) in [5.74, 6) is 0.336. The number of hydrogen-bond donors (Lipinski definition) is 3. The minimum absolute atomic E-state index is 0.0696. The molecule has 5 rings (SSSR count). The van der Waals surface area contributed by atoms with Crippen LogP contribution >= 0.6 is 0 Å². The molecule has 1 aliphatic heterocycles. The Morgan fingerprint density at radius 1 is 1.24 bits per heavy atom. The Bertz CT molecular complexity index is 1230. The molecule has 4 heterocycles. The van der Waals surface area contributed by atoms with Gasteiger partial charge in [0.15, 0.2) is 5.65 Å². The summed E-state index contributed by atoms with van der Waals surface area (Å²) >= 11 is 0. The van der Waals surface area contributed by atoms with Gasteiger partial charge in [-0.3, -0.25) is 4.98 Å². The van der Waals surface area contributed by atoms with Gasteiger partial charge in [-0.1, -0.05) is 0 Å². The third-order valence-corrected chi connectivity index (χ3v) is 4.95. The maximum Gasteiger partial charge on any atom is 0.326 e. The number of aromatic hydroxyl groups is 1. The van der Waals surface area contributed by atoms with Crippen molar-refractivity contribution < 1.29 is 9.84 Å². The molecule has 0 spiro atoms. The van der Waals surface area contributed by atoms with Crippen LogP contribution in [0.1, 0.15) is 32.4 Å². The zero-order chi connectivity index (χ0) is 20.1. The molecule has 0 radical (unpaired) electrons. The monoisotopic (exact) mass is 398 g/mol. The number of ether oxygens (including phenoxy) is 1. The highest BCUT2D eigenvalue weighted by Gasteiger charge is 2.26. The third-order valence-electron chi connectivity index (χ3n) is 4.95. The first-order valence-electron chi connectivity index (χ1n) is 9.69. The smallest absolute Gasteiger partial charge is 0.326 e. The molecule has 1 aliphatic carbocycles. The van der Waals surface area contributed by atoms with E-state index in [-0.39, 0.29) is 29.8 Å². The first-order valence-corrected chi connectivity index (χ1v) is 9.69. The lowest BCUT2D eigenvalue weighted by Gasteiger charge is -2.35. The van der Waals surface area contributed by atoms with Gasteiger partial charge in [0.1, 0.15) is 5.69 Å². The summed E-state index contributed by atoms with van der Waals surface area (Å²) < 4.78 is 7.42. The fourth-order valence-electron chi connectivity index (χ4n) is 3.55. The summed E-state index contributed by atoms with van der Waals surface area (Å²) in [4.78, 5) is 32.5. The van der Waals surface area contributed by atoms with Crippen molar-refractivity contribution in [2.24, 2.45) is 4.99 Å². The Morgan fingerprint density at radius 2 is 2.00 bits per heavy atom. The van der Waals surface area contributed by atoms with Crippen LogP contribution in [0.25, 0.3) is 11.7 Å². The summed E-state index contributed by atoms with van der Waals surface area (Å²) in [5.41, 5.74) is 0.842. The number of hydrogen-bond acceptors (Lipinski definition) is 8. The number of aromatic amines is 2. The van der Waals surface area contributed by atoms with Crippen molar-refractivity contribution in [3.63, 3.8) is 0 Å². The van der Waals surface area contributed by atoms with Gasteiger partial charge in [-0.05, 0) is 32.8 Å². The van der Waals surface area contributed by atoms with Gasteiger partial charge >= 0.3 is 5.69 Å². The summed E-state index contributed by atoms with van der Waals surface area (Å²) in [6.07, 6.45) is 5.48. The Morgan fingerprint density at radius 3 is 2.66 bits per heavy atom. The topological polar surface area (TPSA) is 137 Å². The number of morpholine rings is 1. The number of fused-ring (bicyclic) bond motifs is 1. The SMILES string of the molecule is C[C@@H]1CN(c2nc(=NC3CC3)n3nc/c(=C/c4[nH]c(=O)[nH]c4O)c3n2)C[C@H](C)O1. The number of imidazole rings is 1. The predicted octanol–water partition coefficient (Wildman–Crippen LogP) is -0.929. The molecule has 3 aromatic heterocycles. The van der Waals surface area contributed by atoms with E-state index in [9.17, 15) is 9.90 Å². The van der Waals surface area contributed by atoms with E-state index in [1.54, 1.807) is 16.8 Å². The van der Waals surface area contributed by atoms with Crippen molar-refractivity contribution in [3.05, 3.63) is 33.2 Å². The van der Waals surface area contributed by atoms with Crippen LogP contribution in [-0.4, -0.2) is 66.0 Å². The lowest BCUT2D eigenvalue weighted by molar-refractivity contribution is -0.00574. The lowest BCUT2D eigenvalue weighted by Crippen LogP contribution is -2.47. The molecule has 152 valence electrons. The average Bonchev–Trinajstić information content (AvgIpc) is 3.29. The van der Waals surface area contributed by atoms with E-state index in [0.29, 0.717) is 35.5 Å². The molecule has 0 unspecified atom stereocenters. The van der Waals surface area contributed by atoms with Crippen LogP contribution in [0.3, 0.4) is 0 Å². The van der Waals surface area contributed by atoms with Crippen LogP contribution in [0, 0.1) is 0 Å². The molecule has 0 aromatic carbocycles. The van der Waals surface area contributed by atoms with E-state index >= 15 is 0 Å². The van der Waals surface area contributed by atoms with Gasteiger partial charge < -0.3 is 19.7 Å². The number of H-pyrrole nitrogens is 2. The summed E-state index contributed by atoms with van der Waals surface area (Å²) in [7, 11) is 0. The van der Waals surface area contributed by atoms with Crippen LogP contribution in [0.5, 0.6) is 5.88 Å². The van der Waals surface area contributed by atoms with E-state index in [1.165, 1.54) is 0 Å². The van der Waals surface area contributed by atoms with E-state index in [2.05, 4.69) is 25.0 Å². The molecule has 2 atom stereocenters. The Balaban J connectivity index is 1.69. The zero-order valence-electron chi connectivity index (χ0n) is 16.2. The molecule has 3 N–H and O–H groups in total. The van der Waals surface area contributed by atoms with E-state index in [1.807, 2.05) is 13.8 Å². The second-order valence-corrected chi connectivity index (χ2v) is 7.67. The maximum atomic E-state index is 11.4. The predicted molar refractivity (Wildman–Crippen MR) is 103 cm³/mol. The van der Waals surface area contributed by atoms with E-state index < -0.39 is 5.69 Å². The Hall–Kier alpha value is -3.21. The average molecular weight is 398 g/mol. The van der Waals surface area contributed by atoms with Crippen LogP contribution in [0.4, 0.5) is 5.95 Å². The molecule has 1 saturated carbocycles. The first-order chi connectivity index (χ1) is 14.0.